The first kappa shape index (κ1) is 40.2. The second kappa shape index (κ2) is 17.3. The second-order valence-electron chi connectivity index (χ2n) is 16.1. The van der Waals surface area contributed by atoms with Gasteiger partial charge in [0.1, 0.15) is 23.5 Å². The number of hydrogen-bond donors (Lipinski definition) is 4. The van der Waals surface area contributed by atoms with Crippen LogP contribution in [-0.2, 0) is 32.0 Å². The van der Waals surface area contributed by atoms with Gasteiger partial charge in [-0.25, -0.2) is 0 Å². The van der Waals surface area contributed by atoms with Crippen molar-refractivity contribution in [1.29, 1.82) is 0 Å². The maximum absolute atomic E-state index is 14.3. The standard InChI is InChI=1S/C47H54N4O7/c1-30-8-5-6-16-47(30)17-13-39(58-32(3)53)23-38(54)24-42(36-21-43(55)46(56)44(22-36)57-4)50-28-35-9-7-10-41(40(35)29-50)51(19-15-31(2)52)45-20-33(14-18-49-45)11-12-34-26-48-27-37(34)25-47/h5-10,14,16,20-22,26-30,39,42,48-49,55-56H,11-13,15,17-19,23-25H2,1-4H3. The molecule has 4 atom stereocenters. The molecule has 11 nitrogen and oxygen atoms in total. The number of ether oxygens (including phenoxy) is 2. The minimum absolute atomic E-state index is 0.00721. The van der Waals surface area contributed by atoms with E-state index in [0.29, 0.717) is 37.9 Å². The first-order valence-electron chi connectivity index (χ1n) is 20.2. The second-order valence-corrected chi connectivity index (χ2v) is 16.1. The summed E-state index contributed by atoms with van der Waals surface area (Å²) in [4.78, 5) is 44.8. The Kier molecular flexibility index (Phi) is 12.0. The molecule has 1 aliphatic carbocycles. The number of aromatic amines is 1. The van der Waals surface area contributed by atoms with Crippen LogP contribution >= 0.6 is 0 Å². The molecular weight excluding hydrogens is 733 g/mol. The topological polar surface area (TPSA) is 146 Å². The third kappa shape index (κ3) is 8.78. The predicted molar refractivity (Wildman–Crippen MR) is 225 cm³/mol. The highest BCUT2D eigenvalue weighted by molar-refractivity contribution is 5.95. The van der Waals surface area contributed by atoms with Crippen molar-refractivity contribution in [3.8, 4) is 17.2 Å². The molecule has 2 aromatic heterocycles. The summed E-state index contributed by atoms with van der Waals surface area (Å²) in [6.45, 7) is 6.31. The number of phenolic OH excluding ortho intramolecular Hbond substituents is 2. The average molecular weight is 787 g/mol. The number of carbonyl (C=O) groups is 3. The Labute approximate surface area is 339 Å². The molecule has 2 aromatic carbocycles. The number of aryl methyl sites for hydroxylation is 1. The van der Waals surface area contributed by atoms with Gasteiger partial charge >= 0.3 is 5.97 Å². The number of aromatic hydroxyl groups is 2. The third-order valence-electron chi connectivity index (χ3n) is 12.1. The van der Waals surface area contributed by atoms with Crippen LogP contribution in [0.3, 0.4) is 0 Å². The number of esters is 1. The Bertz CT molecular complexity index is 2310. The van der Waals surface area contributed by atoms with Crippen molar-refractivity contribution >= 4 is 34.0 Å². The van der Waals surface area contributed by atoms with Crippen molar-refractivity contribution in [3.05, 3.63) is 120 Å². The fourth-order valence-electron chi connectivity index (χ4n) is 8.82. The fourth-order valence-corrected chi connectivity index (χ4v) is 8.82. The molecule has 2 aliphatic heterocycles. The highest BCUT2D eigenvalue weighted by atomic mass is 16.5. The van der Waals surface area contributed by atoms with Crippen LogP contribution in [0.25, 0.3) is 10.8 Å². The van der Waals surface area contributed by atoms with E-state index < -0.39 is 18.1 Å². The summed E-state index contributed by atoms with van der Waals surface area (Å²) in [5.41, 5.74) is 4.89. The zero-order chi connectivity index (χ0) is 41.0. The van der Waals surface area contributed by atoms with Crippen molar-refractivity contribution in [3.63, 3.8) is 0 Å². The number of methoxy groups -OCH3 is 1. The lowest BCUT2D eigenvalue weighted by Crippen LogP contribution is -2.35. The molecule has 0 radical (unpaired) electrons. The monoisotopic (exact) mass is 786 g/mol. The number of dihydropyridines is 1. The van der Waals surface area contributed by atoms with Crippen molar-refractivity contribution in [2.24, 2.45) is 11.3 Å². The van der Waals surface area contributed by atoms with Crippen molar-refractivity contribution < 1.29 is 34.1 Å². The quantitative estimate of drug-likeness (QED) is 0.112. The maximum atomic E-state index is 14.3. The van der Waals surface area contributed by atoms with Gasteiger partial charge in [-0.3, -0.25) is 14.4 Å². The summed E-state index contributed by atoms with van der Waals surface area (Å²) >= 11 is 0. The minimum atomic E-state index is -0.645. The lowest BCUT2D eigenvalue weighted by atomic mass is 9.66. The first-order valence-corrected chi connectivity index (χ1v) is 20.2. The van der Waals surface area contributed by atoms with Gasteiger partial charge in [0.2, 0.25) is 5.75 Å². The molecule has 4 aromatic rings. The van der Waals surface area contributed by atoms with Crippen LogP contribution in [0.4, 0.5) is 5.69 Å². The summed E-state index contributed by atoms with van der Waals surface area (Å²) in [6, 6.07) is 8.50. The van der Waals surface area contributed by atoms with Crippen molar-refractivity contribution in [2.45, 2.75) is 84.3 Å². The number of benzene rings is 2. The van der Waals surface area contributed by atoms with Crippen molar-refractivity contribution in [2.75, 3.05) is 25.1 Å². The summed E-state index contributed by atoms with van der Waals surface area (Å²) < 4.78 is 13.3. The predicted octanol–water partition coefficient (Wildman–Crippen LogP) is 8.13. The van der Waals surface area contributed by atoms with E-state index in [2.05, 4.69) is 71.0 Å². The van der Waals surface area contributed by atoms with Gasteiger partial charge in [0.25, 0.3) is 0 Å². The minimum Gasteiger partial charge on any atom is -0.504 e. The molecule has 4 N–H and O–H groups in total. The lowest BCUT2D eigenvalue weighted by Gasteiger charge is -2.38. The molecular formula is C47H54N4O7. The number of anilines is 1. The molecule has 7 rings (SSSR count). The molecule has 3 aliphatic rings. The number of nitrogens with one attached hydrogen (secondary N) is 2. The maximum Gasteiger partial charge on any atom is 0.302 e. The number of ketones is 2. The molecule has 58 heavy (non-hydrogen) atoms. The van der Waals surface area contributed by atoms with E-state index in [4.69, 9.17) is 9.47 Å². The van der Waals surface area contributed by atoms with E-state index >= 15 is 0 Å². The normalized spacial score (nSPS) is 22.8. The molecule has 0 fully saturated rings. The number of H-pyrrole nitrogens is 1. The Morgan fingerprint density at radius 3 is 2.64 bits per heavy atom. The van der Waals surface area contributed by atoms with Gasteiger partial charge in [-0.1, -0.05) is 49.4 Å². The number of carbonyl (C=O) groups excluding carboxylic acids is 3. The SMILES string of the molecule is COc1cc(C2CC(=O)CC(OC(C)=O)CCC3(C=CC=CC3C)Cc3c[nH]cc3CCC3=CCNC(=C3)N(CCC(C)=O)c3cccc4cn2cc34)cc(O)c1O. The Hall–Kier alpha value is -5.97. The number of hydrogen-bond acceptors (Lipinski definition) is 9. The number of phenols is 2. The van der Waals surface area contributed by atoms with E-state index in [1.54, 1.807) is 13.0 Å². The van der Waals surface area contributed by atoms with Crippen LogP contribution in [0.15, 0.2) is 103 Å². The average Bonchev–Trinajstić information content (AvgIpc) is 3.84. The number of aromatic nitrogens is 2. The molecule has 4 heterocycles. The molecule has 4 unspecified atom stereocenters. The number of nitrogens with zero attached hydrogens (tertiary/aromatic N) is 2. The largest absolute Gasteiger partial charge is 0.504 e. The van der Waals surface area contributed by atoms with E-state index in [0.717, 1.165) is 41.5 Å². The third-order valence-corrected chi connectivity index (χ3v) is 12.1. The van der Waals surface area contributed by atoms with E-state index in [1.807, 2.05) is 35.2 Å². The Morgan fingerprint density at radius 2 is 1.86 bits per heavy atom. The van der Waals surface area contributed by atoms with Gasteiger partial charge in [0.15, 0.2) is 11.5 Å². The first-order chi connectivity index (χ1) is 27.9. The molecule has 1 spiro atoms. The van der Waals surface area contributed by atoms with Crippen LogP contribution < -0.4 is 15.0 Å². The van der Waals surface area contributed by atoms with E-state index in [-0.39, 0.29) is 53.0 Å². The van der Waals surface area contributed by atoms with Gasteiger partial charge in [-0.2, -0.15) is 0 Å². The van der Waals surface area contributed by atoms with Crippen LogP contribution in [0.5, 0.6) is 17.2 Å². The van der Waals surface area contributed by atoms with Gasteiger partial charge in [0, 0.05) is 74.8 Å². The summed E-state index contributed by atoms with van der Waals surface area (Å²) in [5.74, 6) is -0.0576. The molecule has 0 saturated carbocycles. The van der Waals surface area contributed by atoms with Crippen LogP contribution in [0.2, 0.25) is 0 Å². The van der Waals surface area contributed by atoms with Crippen molar-refractivity contribution in [1.82, 2.24) is 14.9 Å². The zero-order valence-corrected chi connectivity index (χ0v) is 33.8. The Balaban J connectivity index is 1.36. The van der Waals surface area contributed by atoms with E-state index in [9.17, 15) is 24.6 Å². The highest BCUT2D eigenvalue weighted by Crippen LogP contribution is 2.44. The van der Waals surface area contributed by atoms with Gasteiger partial charge in [-0.15, -0.1) is 0 Å². The lowest BCUT2D eigenvalue weighted by molar-refractivity contribution is -0.148. The number of allylic oxidation sites excluding steroid dienone is 6. The molecule has 4 bridgehead atoms. The van der Waals surface area contributed by atoms with Gasteiger partial charge < -0.3 is 39.5 Å². The molecule has 11 heteroatoms. The van der Waals surface area contributed by atoms with Crippen LogP contribution in [-0.4, -0.2) is 63.6 Å². The molecule has 0 saturated heterocycles. The summed E-state index contributed by atoms with van der Waals surface area (Å²) in [6.07, 6.45) is 24.6. The number of Topliss-reactive ketones (excluding diaryl/α,β-unsaturated/α-hetero) is 2. The summed E-state index contributed by atoms with van der Waals surface area (Å²) in [5, 5.41) is 26.8. The molecule has 304 valence electrons. The van der Waals surface area contributed by atoms with Gasteiger partial charge in [-0.05, 0) is 96.9 Å². The molecule has 0 amide bonds. The van der Waals surface area contributed by atoms with E-state index in [1.165, 1.54) is 36.8 Å². The smallest absolute Gasteiger partial charge is 0.302 e. The Morgan fingerprint density at radius 1 is 1.03 bits per heavy atom. The van der Waals surface area contributed by atoms with Gasteiger partial charge in [0.05, 0.1) is 18.8 Å². The zero-order valence-electron chi connectivity index (χ0n) is 33.8. The number of fused-ring (bicyclic) bond motifs is 3. The van der Waals surface area contributed by atoms with Crippen LogP contribution in [0.1, 0.15) is 82.0 Å². The number of rotatable bonds is 6. The van der Waals surface area contributed by atoms with Crippen LogP contribution in [0, 0.1) is 11.3 Å². The fraction of sp³-hybridized carbons (Fsp3) is 0.383. The summed E-state index contributed by atoms with van der Waals surface area (Å²) in [7, 11) is 1.41. The highest BCUT2D eigenvalue weighted by Gasteiger charge is 2.36.